The van der Waals surface area contributed by atoms with Gasteiger partial charge in [0.2, 0.25) is 5.91 Å². The SMILES string of the molecule is CN1CC2CNC(c3ccccc3F)CN2CC1=O. The van der Waals surface area contributed by atoms with Crippen molar-refractivity contribution in [2.75, 3.05) is 33.2 Å². The summed E-state index contributed by atoms with van der Waals surface area (Å²) in [7, 11) is 1.84. The van der Waals surface area contributed by atoms with E-state index in [0.717, 1.165) is 13.1 Å². The molecule has 2 fully saturated rings. The minimum absolute atomic E-state index is 0.0337. The molecule has 0 aromatic heterocycles. The van der Waals surface area contributed by atoms with Gasteiger partial charge in [-0.25, -0.2) is 4.39 Å². The van der Waals surface area contributed by atoms with Crippen LogP contribution in [0.4, 0.5) is 4.39 Å². The Morgan fingerprint density at radius 3 is 2.89 bits per heavy atom. The lowest BCUT2D eigenvalue weighted by molar-refractivity contribution is -0.137. The van der Waals surface area contributed by atoms with E-state index in [0.29, 0.717) is 24.7 Å². The van der Waals surface area contributed by atoms with E-state index >= 15 is 0 Å². The summed E-state index contributed by atoms with van der Waals surface area (Å²) < 4.78 is 13.8. The lowest BCUT2D eigenvalue weighted by Crippen LogP contribution is -2.62. The monoisotopic (exact) mass is 263 g/mol. The molecule has 2 heterocycles. The van der Waals surface area contributed by atoms with Gasteiger partial charge in [0, 0.05) is 44.3 Å². The number of likely N-dealkylation sites (N-methyl/N-ethyl adjacent to an activating group) is 1. The molecule has 1 aromatic rings. The first-order valence-corrected chi connectivity index (χ1v) is 6.61. The molecule has 5 heteroatoms. The predicted octanol–water partition coefficient (Wildman–Crippen LogP) is 0.613. The molecule has 0 aliphatic carbocycles. The van der Waals surface area contributed by atoms with E-state index in [1.54, 1.807) is 11.0 Å². The quantitative estimate of drug-likeness (QED) is 0.806. The number of hydrogen-bond acceptors (Lipinski definition) is 3. The third-order valence-electron chi connectivity index (χ3n) is 4.06. The second kappa shape index (κ2) is 4.90. The van der Waals surface area contributed by atoms with Crippen LogP contribution in [0.5, 0.6) is 0 Å². The summed E-state index contributed by atoms with van der Waals surface area (Å²) in [5.74, 6) is -0.0377. The molecule has 0 radical (unpaired) electrons. The lowest BCUT2D eigenvalue weighted by Gasteiger charge is -2.45. The summed E-state index contributed by atoms with van der Waals surface area (Å²) in [4.78, 5) is 15.7. The highest BCUT2D eigenvalue weighted by atomic mass is 19.1. The number of fused-ring (bicyclic) bond motifs is 1. The molecule has 0 saturated carbocycles. The van der Waals surface area contributed by atoms with Crippen molar-refractivity contribution >= 4 is 5.91 Å². The maximum absolute atomic E-state index is 13.8. The Labute approximate surface area is 112 Å². The van der Waals surface area contributed by atoms with Gasteiger partial charge in [0.05, 0.1) is 6.54 Å². The van der Waals surface area contributed by atoms with Crippen LogP contribution < -0.4 is 5.32 Å². The summed E-state index contributed by atoms with van der Waals surface area (Å²) in [5.41, 5.74) is 0.687. The number of nitrogens with zero attached hydrogens (tertiary/aromatic N) is 2. The molecule has 1 amide bonds. The summed E-state index contributed by atoms with van der Waals surface area (Å²) in [5, 5.41) is 3.39. The van der Waals surface area contributed by atoms with Crippen molar-refractivity contribution in [3.8, 4) is 0 Å². The molecule has 2 atom stereocenters. The number of carbonyl (C=O) groups excluding carboxylic acids is 1. The van der Waals surface area contributed by atoms with Gasteiger partial charge >= 0.3 is 0 Å². The standard InChI is InChI=1S/C14H18FN3O/c1-17-7-10-6-16-13(8-18(10)9-14(17)19)11-4-2-3-5-12(11)15/h2-5,10,13,16H,6-9H2,1H3. The Hall–Kier alpha value is -1.46. The molecule has 2 aliphatic heterocycles. The number of rotatable bonds is 1. The van der Waals surface area contributed by atoms with Crippen molar-refractivity contribution in [2.24, 2.45) is 0 Å². The third kappa shape index (κ3) is 2.35. The molecular weight excluding hydrogens is 245 g/mol. The van der Waals surface area contributed by atoms with Crippen LogP contribution in [-0.4, -0.2) is 55.0 Å². The molecular formula is C14H18FN3O. The van der Waals surface area contributed by atoms with Gasteiger partial charge in [-0.2, -0.15) is 0 Å². The van der Waals surface area contributed by atoms with Crippen molar-refractivity contribution in [1.82, 2.24) is 15.1 Å². The Balaban J connectivity index is 1.76. The summed E-state index contributed by atoms with van der Waals surface area (Å²) in [6.45, 7) is 2.66. The molecule has 2 saturated heterocycles. The molecule has 0 spiro atoms. The van der Waals surface area contributed by atoms with Gasteiger partial charge in [0.25, 0.3) is 0 Å². The van der Waals surface area contributed by atoms with E-state index < -0.39 is 0 Å². The van der Waals surface area contributed by atoms with E-state index in [2.05, 4.69) is 10.2 Å². The first-order chi connectivity index (χ1) is 9.15. The van der Waals surface area contributed by atoms with Gasteiger partial charge in [-0.15, -0.1) is 0 Å². The molecule has 1 aromatic carbocycles. The molecule has 0 bridgehead atoms. The van der Waals surface area contributed by atoms with E-state index in [4.69, 9.17) is 0 Å². The second-order valence-corrected chi connectivity index (χ2v) is 5.34. The topological polar surface area (TPSA) is 35.6 Å². The van der Waals surface area contributed by atoms with Crippen LogP contribution in [0.15, 0.2) is 24.3 Å². The normalized spacial score (nSPS) is 28.3. The molecule has 102 valence electrons. The largest absolute Gasteiger partial charge is 0.343 e. The maximum atomic E-state index is 13.8. The predicted molar refractivity (Wildman–Crippen MR) is 70.1 cm³/mol. The fraction of sp³-hybridized carbons (Fsp3) is 0.500. The van der Waals surface area contributed by atoms with Crippen LogP contribution in [0.3, 0.4) is 0 Å². The highest BCUT2D eigenvalue weighted by Crippen LogP contribution is 2.24. The number of carbonyl (C=O) groups is 1. The third-order valence-corrected chi connectivity index (χ3v) is 4.06. The van der Waals surface area contributed by atoms with Crippen LogP contribution in [0.25, 0.3) is 0 Å². The van der Waals surface area contributed by atoms with Gasteiger partial charge in [0.1, 0.15) is 5.82 Å². The Kier molecular flexibility index (Phi) is 3.24. The first-order valence-electron chi connectivity index (χ1n) is 6.61. The molecule has 4 nitrogen and oxygen atoms in total. The number of benzene rings is 1. The minimum Gasteiger partial charge on any atom is -0.343 e. The summed E-state index contributed by atoms with van der Waals surface area (Å²) in [6.07, 6.45) is 0. The van der Waals surface area contributed by atoms with Gasteiger partial charge in [-0.05, 0) is 6.07 Å². The van der Waals surface area contributed by atoms with Crippen molar-refractivity contribution < 1.29 is 9.18 Å². The minimum atomic E-state index is -0.182. The van der Waals surface area contributed by atoms with Gasteiger partial charge in [-0.3, -0.25) is 9.69 Å². The number of halogens is 1. The van der Waals surface area contributed by atoms with Crippen molar-refractivity contribution in [3.05, 3.63) is 35.6 Å². The zero-order valence-electron chi connectivity index (χ0n) is 11.0. The molecule has 2 unspecified atom stereocenters. The molecule has 2 aliphatic rings. The highest BCUT2D eigenvalue weighted by Gasteiger charge is 2.35. The zero-order chi connectivity index (χ0) is 13.4. The van der Waals surface area contributed by atoms with Crippen LogP contribution in [0, 0.1) is 5.82 Å². The van der Waals surface area contributed by atoms with E-state index in [1.165, 1.54) is 6.07 Å². The zero-order valence-corrected chi connectivity index (χ0v) is 11.0. The van der Waals surface area contributed by atoms with Crippen LogP contribution >= 0.6 is 0 Å². The highest BCUT2D eigenvalue weighted by molar-refractivity contribution is 5.78. The second-order valence-electron chi connectivity index (χ2n) is 5.34. The Bertz CT molecular complexity index is 493. The summed E-state index contributed by atoms with van der Waals surface area (Å²) >= 11 is 0. The Morgan fingerprint density at radius 2 is 2.11 bits per heavy atom. The van der Waals surface area contributed by atoms with Gasteiger partial charge in [0.15, 0.2) is 0 Å². The fourth-order valence-electron chi connectivity index (χ4n) is 2.91. The van der Waals surface area contributed by atoms with Gasteiger partial charge in [-0.1, -0.05) is 18.2 Å². The van der Waals surface area contributed by atoms with Crippen molar-refractivity contribution in [1.29, 1.82) is 0 Å². The van der Waals surface area contributed by atoms with Crippen molar-refractivity contribution in [3.63, 3.8) is 0 Å². The number of amides is 1. The first kappa shape index (κ1) is 12.6. The molecule has 3 rings (SSSR count). The van der Waals surface area contributed by atoms with E-state index in [-0.39, 0.29) is 17.8 Å². The van der Waals surface area contributed by atoms with Crippen LogP contribution in [0.1, 0.15) is 11.6 Å². The fourth-order valence-corrected chi connectivity index (χ4v) is 2.91. The van der Waals surface area contributed by atoms with Crippen LogP contribution in [0.2, 0.25) is 0 Å². The average Bonchev–Trinajstić information content (AvgIpc) is 2.40. The summed E-state index contributed by atoms with van der Waals surface area (Å²) in [6, 6.07) is 7.15. The number of nitrogens with one attached hydrogen (secondary N) is 1. The maximum Gasteiger partial charge on any atom is 0.236 e. The van der Waals surface area contributed by atoms with Crippen molar-refractivity contribution in [2.45, 2.75) is 12.1 Å². The lowest BCUT2D eigenvalue weighted by atomic mass is 9.99. The Morgan fingerprint density at radius 1 is 1.32 bits per heavy atom. The van der Waals surface area contributed by atoms with Crippen LogP contribution in [-0.2, 0) is 4.79 Å². The smallest absolute Gasteiger partial charge is 0.236 e. The molecule has 1 N–H and O–H groups in total. The number of piperazine rings is 2. The number of hydrogen-bond donors (Lipinski definition) is 1. The van der Waals surface area contributed by atoms with E-state index in [1.807, 2.05) is 19.2 Å². The average molecular weight is 263 g/mol. The van der Waals surface area contributed by atoms with Gasteiger partial charge < -0.3 is 10.2 Å². The molecule has 19 heavy (non-hydrogen) atoms. The van der Waals surface area contributed by atoms with E-state index in [9.17, 15) is 9.18 Å².